The molecule has 1 saturated heterocycles. The lowest BCUT2D eigenvalue weighted by molar-refractivity contribution is -0.129. The molecule has 0 bridgehead atoms. The van der Waals surface area contributed by atoms with Crippen LogP contribution in [0.4, 0.5) is 0 Å². The zero-order chi connectivity index (χ0) is 14.8. The molecule has 0 aromatic carbocycles. The van der Waals surface area contributed by atoms with E-state index in [0.29, 0.717) is 6.04 Å². The highest BCUT2D eigenvalue weighted by molar-refractivity contribution is 5.48. The molecule has 4 nitrogen and oxygen atoms in total. The van der Waals surface area contributed by atoms with E-state index in [1.165, 1.54) is 0 Å². The van der Waals surface area contributed by atoms with Crippen molar-refractivity contribution in [3.63, 3.8) is 0 Å². The quantitative estimate of drug-likeness (QED) is 0.613. The summed E-state index contributed by atoms with van der Waals surface area (Å²) in [5, 5.41) is 3.67. The van der Waals surface area contributed by atoms with Crippen LogP contribution in [0, 0.1) is 0 Å². The van der Waals surface area contributed by atoms with Crippen LogP contribution in [0.1, 0.15) is 53.9 Å². The van der Waals surface area contributed by atoms with Crippen LogP contribution in [0.15, 0.2) is 0 Å². The smallest absolute Gasteiger partial charge is 0.211 e. The SMILES string of the molecule is CCC(N(C)C)N(C=O)C1CC(C)(C)NC(C)(C)C1. The van der Waals surface area contributed by atoms with E-state index in [2.05, 4.69) is 44.8 Å². The number of nitrogens with zero attached hydrogens (tertiary/aromatic N) is 2. The number of nitrogens with one attached hydrogen (secondary N) is 1. The van der Waals surface area contributed by atoms with Gasteiger partial charge < -0.3 is 10.2 Å². The van der Waals surface area contributed by atoms with E-state index in [-0.39, 0.29) is 17.2 Å². The third kappa shape index (κ3) is 4.18. The molecule has 0 saturated carbocycles. The van der Waals surface area contributed by atoms with Crippen LogP contribution >= 0.6 is 0 Å². The number of rotatable bonds is 5. The van der Waals surface area contributed by atoms with E-state index >= 15 is 0 Å². The van der Waals surface area contributed by atoms with E-state index < -0.39 is 0 Å². The fourth-order valence-electron chi connectivity index (χ4n) is 3.72. The lowest BCUT2D eigenvalue weighted by Gasteiger charge is -2.51. The Balaban J connectivity index is 2.94. The van der Waals surface area contributed by atoms with Crippen LogP contribution in [0.3, 0.4) is 0 Å². The maximum absolute atomic E-state index is 11.6. The van der Waals surface area contributed by atoms with Gasteiger partial charge in [0.1, 0.15) is 0 Å². The average Bonchev–Trinajstić information content (AvgIpc) is 2.20. The van der Waals surface area contributed by atoms with Crippen molar-refractivity contribution in [2.24, 2.45) is 0 Å². The molecule has 1 atom stereocenters. The van der Waals surface area contributed by atoms with Crippen LogP contribution in [0.5, 0.6) is 0 Å². The number of piperidine rings is 1. The summed E-state index contributed by atoms with van der Waals surface area (Å²) in [6.45, 7) is 11.0. The molecule has 0 aromatic heterocycles. The molecule has 1 heterocycles. The molecule has 1 fully saturated rings. The number of carbonyl (C=O) groups excluding carboxylic acids is 1. The maximum atomic E-state index is 11.6. The van der Waals surface area contributed by atoms with E-state index in [9.17, 15) is 4.79 Å². The summed E-state index contributed by atoms with van der Waals surface area (Å²) in [4.78, 5) is 15.8. The largest absolute Gasteiger partial charge is 0.326 e. The molecule has 4 heteroatoms. The van der Waals surface area contributed by atoms with Gasteiger partial charge in [-0.3, -0.25) is 9.69 Å². The van der Waals surface area contributed by atoms with Crippen LogP contribution in [0.25, 0.3) is 0 Å². The van der Waals surface area contributed by atoms with Crippen molar-refractivity contribution >= 4 is 6.41 Å². The minimum absolute atomic E-state index is 0.0677. The molecule has 19 heavy (non-hydrogen) atoms. The summed E-state index contributed by atoms with van der Waals surface area (Å²) >= 11 is 0. The molecule has 1 unspecified atom stereocenters. The standard InChI is InChI=1S/C15H31N3O/c1-8-13(17(6)7)18(11-19)12-9-14(2,3)16-15(4,5)10-12/h11-13,16H,8-10H2,1-7H3. The second-order valence-electron chi connectivity index (χ2n) is 7.36. The van der Waals surface area contributed by atoms with Crippen molar-refractivity contribution in [2.45, 2.75) is 77.2 Å². The summed E-state index contributed by atoms with van der Waals surface area (Å²) in [5.74, 6) is 0. The van der Waals surface area contributed by atoms with Crippen LogP contribution in [-0.2, 0) is 4.79 Å². The Labute approximate surface area is 118 Å². The summed E-state index contributed by atoms with van der Waals surface area (Å²) in [7, 11) is 4.09. The second-order valence-corrected chi connectivity index (χ2v) is 7.36. The van der Waals surface area contributed by atoms with Crippen LogP contribution in [0.2, 0.25) is 0 Å². The molecule has 1 rings (SSSR count). The highest BCUT2D eigenvalue weighted by Crippen LogP contribution is 2.32. The van der Waals surface area contributed by atoms with Crippen LogP contribution in [-0.4, -0.2) is 53.6 Å². The molecule has 1 amide bonds. The topological polar surface area (TPSA) is 35.6 Å². The van der Waals surface area contributed by atoms with Crippen molar-refractivity contribution in [3.8, 4) is 0 Å². The normalized spacial score (nSPS) is 24.2. The molecule has 1 aliphatic heterocycles. The fraction of sp³-hybridized carbons (Fsp3) is 0.933. The molecule has 112 valence electrons. The van der Waals surface area contributed by atoms with Gasteiger partial charge in [-0.05, 0) is 61.1 Å². The third-order valence-corrected chi connectivity index (χ3v) is 4.02. The zero-order valence-corrected chi connectivity index (χ0v) is 13.7. The Morgan fingerprint density at radius 3 is 2.00 bits per heavy atom. The molecular formula is C15H31N3O. The molecule has 1 N–H and O–H groups in total. The molecule has 0 spiro atoms. The molecule has 0 aromatic rings. The zero-order valence-electron chi connectivity index (χ0n) is 13.7. The minimum atomic E-state index is 0.0677. The predicted molar refractivity (Wildman–Crippen MR) is 80.0 cm³/mol. The van der Waals surface area contributed by atoms with Crippen molar-refractivity contribution in [1.82, 2.24) is 15.1 Å². The van der Waals surface area contributed by atoms with Gasteiger partial charge in [0.05, 0.1) is 6.17 Å². The van der Waals surface area contributed by atoms with Gasteiger partial charge >= 0.3 is 0 Å². The number of carbonyl (C=O) groups is 1. The Kier molecular flexibility index (Phi) is 5.02. The van der Waals surface area contributed by atoms with Gasteiger partial charge in [0.2, 0.25) is 6.41 Å². The second kappa shape index (κ2) is 5.80. The van der Waals surface area contributed by atoms with Crippen molar-refractivity contribution < 1.29 is 4.79 Å². The van der Waals surface area contributed by atoms with E-state index in [1.807, 2.05) is 19.0 Å². The Bertz CT molecular complexity index is 297. The highest BCUT2D eigenvalue weighted by atomic mass is 16.1. The summed E-state index contributed by atoms with van der Waals surface area (Å²) in [5.41, 5.74) is 0.135. The van der Waals surface area contributed by atoms with E-state index in [4.69, 9.17) is 0 Å². The van der Waals surface area contributed by atoms with Crippen LogP contribution < -0.4 is 5.32 Å². The van der Waals surface area contributed by atoms with Crippen molar-refractivity contribution in [2.75, 3.05) is 14.1 Å². The van der Waals surface area contributed by atoms with Gasteiger partial charge in [0.15, 0.2) is 0 Å². The van der Waals surface area contributed by atoms with Gasteiger partial charge in [-0.15, -0.1) is 0 Å². The highest BCUT2D eigenvalue weighted by Gasteiger charge is 2.41. The molecule has 0 radical (unpaired) electrons. The molecular weight excluding hydrogens is 238 g/mol. The van der Waals surface area contributed by atoms with Crippen molar-refractivity contribution in [3.05, 3.63) is 0 Å². The number of hydrogen-bond donors (Lipinski definition) is 1. The minimum Gasteiger partial charge on any atom is -0.326 e. The van der Waals surface area contributed by atoms with Gasteiger partial charge in [0.25, 0.3) is 0 Å². The fourth-order valence-corrected chi connectivity index (χ4v) is 3.72. The van der Waals surface area contributed by atoms with Gasteiger partial charge in [-0.1, -0.05) is 6.92 Å². The van der Waals surface area contributed by atoms with E-state index in [1.54, 1.807) is 0 Å². The monoisotopic (exact) mass is 269 g/mol. The maximum Gasteiger partial charge on any atom is 0.211 e. The Morgan fingerprint density at radius 2 is 1.68 bits per heavy atom. The summed E-state index contributed by atoms with van der Waals surface area (Å²) < 4.78 is 0. The Morgan fingerprint density at radius 1 is 1.21 bits per heavy atom. The van der Waals surface area contributed by atoms with E-state index in [0.717, 1.165) is 25.7 Å². The van der Waals surface area contributed by atoms with Gasteiger partial charge in [0, 0.05) is 17.1 Å². The number of hydrogen-bond acceptors (Lipinski definition) is 3. The first-order valence-corrected chi connectivity index (χ1v) is 7.30. The van der Waals surface area contributed by atoms with Gasteiger partial charge in [-0.25, -0.2) is 0 Å². The third-order valence-electron chi connectivity index (χ3n) is 4.02. The first kappa shape index (κ1) is 16.4. The van der Waals surface area contributed by atoms with Gasteiger partial charge in [-0.2, -0.15) is 0 Å². The van der Waals surface area contributed by atoms with Crippen molar-refractivity contribution in [1.29, 1.82) is 0 Å². The lowest BCUT2D eigenvalue weighted by Crippen LogP contribution is -2.64. The average molecular weight is 269 g/mol. The molecule has 0 aliphatic carbocycles. The first-order valence-electron chi connectivity index (χ1n) is 7.30. The summed E-state index contributed by atoms with van der Waals surface area (Å²) in [6.07, 6.45) is 4.18. The Hall–Kier alpha value is -0.610. The molecule has 1 aliphatic rings. The predicted octanol–water partition coefficient (Wildman–Crippen LogP) is 2.05. The lowest BCUT2D eigenvalue weighted by atomic mass is 9.79. The summed E-state index contributed by atoms with van der Waals surface area (Å²) in [6, 6.07) is 0.302. The number of amides is 1. The first-order chi connectivity index (χ1) is 8.62.